The van der Waals surface area contributed by atoms with Crippen molar-refractivity contribution < 1.29 is 9.13 Å². The molecule has 0 amide bonds. The van der Waals surface area contributed by atoms with Crippen LogP contribution in [0.25, 0.3) is 0 Å². The summed E-state index contributed by atoms with van der Waals surface area (Å²) in [7, 11) is 0. The smallest absolute Gasteiger partial charge is 0.141 e. The van der Waals surface area contributed by atoms with E-state index in [1.54, 1.807) is 0 Å². The molecule has 1 aromatic rings. The van der Waals surface area contributed by atoms with Crippen LogP contribution in [0, 0.1) is 0 Å². The third-order valence-electron chi connectivity index (χ3n) is 3.47. The summed E-state index contributed by atoms with van der Waals surface area (Å²) >= 11 is 0. The van der Waals surface area contributed by atoms with Gasteiger partial charge < -0.3 is 10.5 Å². The first-order valence-electron chi connectivity index (χ1n) is 6.72. The Balaban J connectivity index is 2.31. The molecule has 2 nitrogen and oxygen atoms in total. The molecule has 1 aromatic carbocycles. The van der Waals surface area contributed by atoms with Crippen LogP contribution >= 0.6 is 0 Å². The Morgan fingerprint density at radius 1 is 1.39 bits per heavy atom. The van der Waals surface area contributed by atoms with Crippen LogP contribution in [0.4, 0.5) is 4.39 Å². The summed E-state index contributed by atoms with van der Waals surface area (Å²) in [5.41, 5.74) is 5.25. The molecular weight excluding hydrogens is 229 g/mol. The number of hydrogen-bond donors (Lipinski definition) is 1. The van der Waals surface area contributed by atoms with E-state index in [1.807, 2.05) is 38.1 Å². The number of alkyl halides is 1. The molecule has 100 valence electrons. The lowest BCUT2D eigenvalue weighted by molar-refractivity contribution is 0.0885. The Hall–Kier alpha value is -1.09. The maximum Gasteiger partial charge on any atom is 0.141 e. The summed E-state index contributed by atoms with van der Waals surface area (Å²) in [6.07, 6.45) is 2.74. The average molecular weight is 251 g/mol. The van der Waals surface area contributed by atoms with Gasteiger partial charge in [-0.05, 0) is 39.2 Å². The monoisotopic (exact) mass is 251 g/mol. The average Bonchev–Trinajstić information content (AvgIpc) is 2.28. The fourth-order valence-electron chi connectivity index (χ4n) is 2.70. The van der Waals surface area contributed by atoms with Crippen LogP contribution < -0.4 is 10.5 Å². The second-order valence-corrected chi connectivity index (χ2v) is 5.48. The maximum absolute atomic E-state index is 15.1. The summed E-state index contributed by atoms with van der Waals surface area (Å²) in [6, 6.07) is 7.37. The Morgan fingerprint density at radius 3 is 2.78 bits per heavy atom. The van der Waals surface area contributed by atoms with Gasteiger partial charge in [-0.15, -0.1) is 0 Å². The van der Waals surface area contributed by atoms with Crippen LogP contribution in [0.15, 0.2) is 24.3 Å². The van der Waals surface area contributed by atoms with Crippen molar-refractivity contribution >= 4 is 0 Å². The first-order valence-corrected chi connectivity index (χ1v) is 6.72. The summed E-state index contributed by atoms with van der Waals surface area (Å²) in [4.78, 5) is 0. The highest BCUT2D eigenvalue weighted by molar-refractivity contribution is 5.38. The number of rotatable bonds is 3. The van der Waals surface area contributed by atoms with Gasteiger partial charge in [-0.2, -0.15) is 0 Å². The Labute approximate surface area is 108 Å². The minimum Gasteiger partial charge on any atom is -0.491 e. The van der Waals surface area contributed by atoms with Crippen molar-refractivity contribution in [2.24, 2.45) is 5.73 Å². The van der Waals surface area contributed by atoms with Gasteiger partial charge >= 0.3 is 0 Å². The lowest BCUT2D eigenvalue weighted by Gasteiger charge is -2.34. The molecule has 0 aliphatic heterocycles. The number of para-hydroxylation sites is 1. The summed E-state index contributed by atoms with van der Waals surface area (Å²) in [6.45, 7) is 3.91. The molecule has 0 radical (unpaired) electrons. The van der Waals surface area contributed by atoms with Gasteiger partial charge in [0, 0.05) is 18.0 Å². The minimum absolute atomic E-state index is 0.0455. The first kappa shape index (κ1) is 13.3. The molecule has 18 heavy (non-hydrogen) atoms. The van der Waals surface area contributed by atoms with Crippen LogP contribution in [0.5, 0.6) is 5.75 Å². The third kappa shape index (κ3) is 2.83. The molecule has 1 aliphatic carbocycles. The predicted molar refractivity (Wildman–Crippen MR) is 71.4 cm³/mol. The van der Waals surface area contributed by atoms with Crippen LogP contribution in [0.1, 0.15) is 45.1 Å². The number of hydrogen-bond acceptors (Lipinski definition) is 2. The van der Waals surface area contributed by atoms with Gasteiger partial charge in [0.1, 0.15) is 11.4 Å². The van der Waals surface area contributed by atoms with Crippen molar-refractivity contribution in [3.63, 3.8) is 0 Å². The van der Waals surface area contributed by atoms with Crippen molar-refractivity contribution in [3.05, 3.63) is 29.8 Å². The molecule has 1 saturated carbocycles. The van der Waals surface area contributed by atoms with Gasteiger partial charge in [0.15, 0.2) is 0 Å². The molecule has 1 aliphatic rings. The molecule has 3 heteroatoms. The molecule has 0 bridgehead atoms. The van der Waals surface area contributed by atoms with Crippen molar-refractivity contribution in [2.45, 2.75) is 57.3 Å². The third-order valence-corrected chi connectivity index (χ3v) is 3.47. The molecular formula is C15H22FNO. The largest absolute Gasteiger partial charge is 0.491 e. The van der Waals surface area contributed by atoms with Crippen molar-refractivity contribution in [2.75, 3.05) is 0 Å². The van der Waals surface area contributed by atoms with Crippen LogP contribution in [-0.2, 0) is 5.67 Å². The van der Waals surface area contributed by atoms with Crippen LogP contribution in [-0.4, -0.2) is 12.1 Å². The Morgan fingerprint density at radius 2 is 2.11 bits per heavy atom. The summed E-state index contributed by atoms with van der Waals surface area (Å²) < 4.78 is 20.8. The first-order chi connectivity index (χ1) is 8.51. The number of benzene rings is 1. The normalized spacial score (nSPS) is 28.4. The molecule has 2 atom stereocenters. The lowest BCUT2D eigenvalue weighted by atomic mass is 9.78. The minimum atomic E-state index is -1.33. The van der Waals surface area contributed by atoms with Crippen molar-refractivity contribution in [1.29, 1.82) is 0 Å². The summed E-state index contributed by atoms with van der Waals surface area (Å²) in [5.74, 6) is 0.657. The fraction of sp³-hybridized carbons (Fsp3) is 0.600. The van der Waals surface area contributed by atoms with Gasteiger partial charge in [-0.25, -0.2) is 4.39 Å². The molecule has 2 unspecified atom stereocenters. The van der Waals surface area contributed by atoms with Gasteiger partial charge in [0.2, 0.25) is 0 Å². The highest BCUT2D eigenvalue weighted by Crippen LogP contribution is 2.44. The topological polar surface area (TPSA) is 35.2 Å². The maximum atomic E-state index is 15.1. The number of halogens is 1. The van der Waals surface area contributed by atoms with E-state index < -0.39 is 5.67 Å². The molecule has 0 aromatic heterocycles. The number of nitrogens with two attached hydrogens (primary N) is 1. The molecule has 0 heterocycles. The zero-order valence-corrected chi connectivity index (χ0v) is 11.2. The second-order valence-electron chi connectivity index (χ2n) is 5.48. The van der Waals surface area contributed by atoms with Gasteiger partial charge in [0.25, 0.3) is 0 Å². The zero-order chi connectivity index (χ0) is 13.2. The zero-order valence-electron chi connectivity index (χ0n) is 11.2. The highest BCUT2D eigenvalue weighted by atomic mass is 19.1. The Kier molecular flexibility index (Phi) is 3.91. The van der Waals surface area contributed by atoms with E-state index in [0.717, 1.165) is 12.8 Å². The van der Waals surface area contributed by atoms with Crippen LogP contribution in [0.2, 0.25) is 0 Å². The van der Waals surface area contributed by atoms with Gasteiger partial charge in [-0.1, -0.05) is 18.2 Å². The quantitative estimate of drug-likeness (QED) is 0.891. The fourth-order valence-corrected chi connectivity index (χ4v) is 2.70. The van der Waals surface area contributed by atoms with E-state index >= 15 is 4.39 Å². The Bertz CT molecular complexity index is 407. The van der Waals surface area contributed by atoms with E-state index in [4.69, 9.17) is 10.5 Å². The van der Waals surface area contributed by atoms with E-state index in [2.05, 4.69) is 0 Å². The predicted octanol–water partition coefficient (Wildman–Crippen LogP) is 3.54. The molecule has 2 N–H and O–H groups in total. The summed E-state index contributed by atoms with van der Waals surface area (Å²) in [5, 5.41) is 0. The lowest BCUT2D eigenvalue weighted by Crippen LogP contribution is -2.36. The van der Waals surface area contributed by atoms with Crippen LogP contribution in [0.3, 0.4) is 0 Å². The molecule has 0 saturated heterocycles. The van der Waals surface area contributed by atoms with Gasteiger partial charge in [-0.3, -0.25) is 0 Å². The SMILES string of the molecule is CC(C)Oc1ccccc1C1(F)CCCC(N)C1. The van der Waals surface area contributed by atoms with E-state index in [-0.39, 0.29) is 12.1 Å². The molecule has 1 fully saturated rings. The van der Waals surface area contributed by atoms with Crippen molar-refractivity contribution in [3.8, 4) is 5.75 Å². The standard InChI is InChI=1S/C15H22FNO/c1-11(2)18-14-8-4-3-7-13(14)15(16)9-5-6-12(17)10-15/h3-4,7-8,11-12H,5-6,9-10,17H2,1-2H3. The van der Waals surface area contributed by atoms with Crippen molar-refractivity contribution in [1.82, 2.24) is 0 Å². The van der Waals surface area contributed by atoms with E-state index in [0.29, 0.717) is 24.2 Å². The van der Waals surface area contributed by atoms with Gasteiger partial charge in [0.05, 0.1) is 6.10 Å². The molecule has 2 rings (SSSR count). The van der Waals surface area contributed by atoms with E-state index in [1.165, 1.54) is 0 Å². The second kappa shape index (κ2) is 5.27. The molecule has 0 spiro atoms. The highest BCUT2D eigenvalue weighted by Gasteiger charge is 2.39. The number of ether oxygens (including phenoxy) is 1. The van der Waals surface area contributed by atoms with E-state index in [9.17, 15) is 0 Å².